The molecule has 0 spiro atoms. The first kappa shape index (κ1) is 19.2. The molecule has 1 aliphatic rings. The molecule has 2 rings (SSSR count). The van der Waals surface area contributed by atoms with Crippen LogP contribution in [0.15, 0.2) is 29.2 Å². The zero-order chi connectivity index (χ0) is 18.6. The van der Waals surface area contributed by atoms with Crippen LogP contribution in [0.1, 0.15) is 13.3 Å². The lowest BCUT2D eigenvalue weighted by Crippen LogP contribution is -2.57. The molecule has 0 aliphatic carbocycles. The third-order valence-corrected chi connectivity index (χ3v) is 5.83. The molecule has 1 atom stereocenters. The summed E-state index contributed by atoms with van der Waals surface area (Å²) in [5.74, 6) is -0.0346. The van der Waals surface area contributed by atoms with Gasteiger partial charge in [0, 0.05) is 27.2 Å². The van der Waals surface area contributed by atoms with Crippen LogP contribution in [-0.2, 0) is 19.6 Å². The number of sulfonamides is 1. The van der Waals surface area contributed by atoms with Crippen LogP contribution in [0.4, 0.5) is 0 Å². The molecule has 1 fully saturated rings. The number of piperazine rings is 1. The number of nitrogens with zero attached hydrogens (tertiary/aromatic N) is 2. The third kappa shape index (κ3) is 4.29. The standard InChI is InChI=1S/C16H23N3O5S/c1-4-14-16(21)17-9-10-19(14)15(20)11-24-12-5-7-13(8-6-12)25(22,23)18(2)3/h5-8,14H,4,9-11H2,1-3H3,(H,17,21)/t14-/m0/s1. The number of nitrogens with one attached hydrogen (secondary N) is 1. The highest BCUT2D eigenvalue weighted by atomic mass is 32.2. The molecule has 1 N–H and O–H groups in total. The SMILES string of the molecule is CC[C@H]1C(=O)NCCN1C(=O)COc1ccc(S(=O)(=O)N(C)C)cc1. The van der Waals surface area contributed by atoms with Gasteiger partial charge in [0.1, 0.15) is 11.8 Å². The summed E-state index contributed by atoms with van der Waals surface area (Å²) >= 11 is 0. The van der Waals surface area contributed by atoms with Crippen LogP contribution in [0.3, 0.4) is 0 Å². The molecule has 0 radical (unpaired) electrons. The Kier molecular flexibility index (Phi) is 6.02. The highest BCUT2D eigenvalue weighted by molar-refractivity contribution is 7.89. The van der Waals surface area contributed by atoms with E-state index in [9.17, 15) is 18.0 Å². The number of carbonyl (C=O) groups is 2. The number of benzene rings is 1. The zero-order valence-electron chi connectivity index (χ0n) is 14.6. The Morgan fingerprint density at radius 3 is 2.52 bits per heavy atom. The van der Waals surface area contributed by atoms with Gasteiger partial charge in [-0.15, -0.1) is 0 Å². The van der Waals surface area contributed by atoms with E-state index >= 15 is 0 Å². The average molecular weight is 369 g/mol. The molecule has 0 bridgehead atoms. The fourth-order valence-corrected chi connectivity index (χ4v) is 3.47. The second-order valence-corrected chi connectivity index (χ2v) is 8.00. The van der Waals surface area contributed by atoms with Crippen molar-refractivity contribution in [1.29, 1.82) is 0 Å². The summed E-state index contributed by atoms with van der Waals surface area (Å²) in [5, 5.41) is 2.74. The summed E-state index contributed by atoms with van der Waals surface area (Å²) in [7, 11) is -0.589. The Morgan fingerprint density at radius 1 is 1.32 bits per heavy atom. The van der Waals surface area contributed by atoms with Crippen LogP contribution in [0.25, 0.3) is 0 Å². The molecule has 9 heteroatoms. The van der Waals surface area contributed by atoms with Gasteiger partial charge in [-0.3, -0.25) is 9.59 Å². The Labute approximate surface area is 147 Å². The van der Waals surface area contributed by atoms with Gasteiger partial charge in [0.25, 0.3) is 5.91 Å². The van der Waals surface area contributed by atoms with Gasteiger partial charge in [0.15, 0.2) is 6.61 Å². The van der Waals surface area contributed by atoms with Crippen molar-refractivity contribution in [3.63, 3.8) is 0 Å². The molecule has 1 aromatic rings. The quantitative estimate of drug-likeness (QED) is 0.765. The minimum absolute atomic E-state index is 0.148. The zero-order valence-corrected chi connectivity index (χ0v) is 15.4. The summed E-state index contributed by atoms with van der Waals surface area (Å²) < 4.78 is 30.6. The first-order chi connectivity index (χ1) is 11.8. The Balaban J connectivity index is 1.99. The fourth-order valence-electron chi connectivity index (χ4n) is 2.57. The van der Waals surface area contributed by atoms with Crippen molar-refractivity contribution >= 4 is 21.8 Å². The van der Waals surface area contributed by atoms with Gasteiger partial charge in [0.2, 0.25) is 15.9 Å². The fraction of sp³-hybridized carbons (Fsp3) is 0.500. The molecular weight excluding hydrogens is 346 g/mol. The van der Waals surface area contributed by atoms with Gasteiger partial charge in [-0.2, -0.15) is 0 Å². The normalized spacial score (nSPS) is 18.2. The van der Waals surface area contributed by atoms with Crippen molar-refractivity contribution in [2.45, 2.75) is 24.3 Å². The third-order valence-electron chi connectivity index (χ3n) is 4.00. The maximum atomic E-state index is 12.3. The lowest BCUT2D eigenvalue weighted by atomic mass is 10.1. The molecule has 138 valence electrons. The van der Waals surface area contributed by atoms with Gasteiger partial charge >= 0.3 is 0 Å². The lowest BCUT2D eigenvalue weighted by Gasteiger charge is -2.34. The monoisotopic (exact) mass is 369 g/mol. The molecule has 0 unspecified atom stereocenters. The number of amides is 2. The average Bonchev–Trinajstić information content (AvgIpc) is 2.59. The van der Waals surface area contributed by atoms with E-state index in [1.807, 2.05) is 6.92 Å². The van der Waals surface area contributed by atoms with Crippen LogP contribution in [0, 0.1) is 0 Å². The van der Waals surface area contributed by atoms with Gasteiger partial charge in [-0.1, -0.05) is 6.92 Å². The number of rotatable bonds is 6. The van der Waals surface area contributed by atoms with Crippen molar-refractivity contribution in [3.05, 3.63) is 24.3 Å². The maximum Gasteiger partial charge on any atom is 0.261 e. The second-order valence-electron chi connectivity index (χ2n) is 5.85. The van der Waals surface area contributed by atoms with Gasteiger partial charge in [0.05, 0.1) is 4.90 Å². The summed E-state index contributed by atoms with van der Waals surface area (Å²) in [6.45, 7) is 2.52. The number of hydrogen-bond acceptors (Lipinski definition) is 5. The number of carbonyl (C=O) groups excluding carboxylic acids is 2. The second kappa shape index (κ2) is 7.83. The minimum atomic E-state index is -3.50. The van der Waals surface area contributed by atoms with E-state index in [1.165, 1.54) is 43.3 Å². The number of hydrogen-bond donors (Lipinski definition) is 1. The summed E-state index contributed by atoms with van der Waals surface area (Å²) in [6, 6.07) is 5.39. The van der Waals surface area contributed by atoms with Crippen molar-refractivity contribution in [1.82, 2.24) is 14.5 Å². The van der Waals surface area contributed by atoms with Crippen molar-refractivity contribution in [2.24, 2.45) is 0 Å². The van der Waals surface area contributed by atoms with Crippen LogP contribution in [0.2, 0.25) is 0 Å². The minimum Gasteiger partial charge on any atom is -0.484 e. The van der Waals surface area contributed by atoms with E-state index in [0.717, 1.165) is 4.31 Å². The Morgan fingerprint density at radius 2 is 1.96 bits per heavy atom. The van der Waals surface area contributed by atoms with Crippen molar-refractivity contribution in [3.8, 4) is 5.75 Å². The van der Waals surface area contributed by atoms with E-state index in [4.69, 9.17) is 4.74 Å². The molecular formula is C16H23N3O5S. The van der Waals surface area contributed by atoms with E-state index in [2.05, 4.69) is 5.32 Å². The van der Waals surface area contributed by atoms with E-state index < -0.39 is 16.1 Å². The molecule has 0 saturated carbocycles. The topological polar surface area (TPSA) is 96.0 Å². The highest BCUT2D eigenvalue weighted by Gasteiger charge is 2.31. The van der Waals surface area contributed by atoms with E-state index in [0.29, 0.717) is 25.3 Å². The van der Waals surface area contributed by atoms with Crippen molar-refractivity contribution in [2.75, 3.05) is 33.8 Å². The van der Waals surface area contributed by atoms with Crippen LogP contribution < -0.4 is 10.1 Å². The molecule has 1 saturated heterocycles. The van der Waals surface area contributed by atoms with Crippen LogP contribution in [0.5, 0.6) is 5.75 Å². The van der Waals surface area contributed by atoms with Crippen LogP contribution >= 0.6 is 0 Å². The lowest BCUT2D eigenvalue weighted by molar-refractivity contribution is -0.144. The summed E-state index contributed by atoms with van der Waals surface area (Å²) in [4.78, 5) is 25.8. The summed E-state index contributed by atoms with van der Waals surface area (Å²) in [5.41, 5.74) is 0. The molecule has 25 heavy (non-hydrogen) atoms. The predicted molar refractivity (Wildman–Crippen MR) is 91.6 cm³/mol. The molecule has 1 aliphatic heterocycles. The highest BCUT2D eigenvalue weighted by Crippen LogP contribution is 2.18. The first-order valence-electron chi connectivity index (χ1n) is 8.00. The maximum absolute atomic E-state index is 12.3. The van der Waals surface area contributed by atoms with E-state index in [1.54, 1.807) is 0 Å². The van der Waals surface area contributed by atoms with Crippen molar-refractivity contribution < 1.29 is 22.7 Å². The van der Waals surface area contributed by atoms with Crippen LogP contribution in [-0.4, -0.2) is 69.3 Å². The predicted octanol–water partition coefficient (Wildman–Crippen LogP) is 0.0527. The smallest absolute Gasteiger partial charge is 0.261 e. The largest absolute Gasteiger partial charge is 0.484 e. The van der Waals surface area contributed by atoms with Gasteiger partial charge < -0.3 is 15.0 Å². The summed E-state index contributed by atoms with van der Waals surface area (Å²) in [6.07, 6.45) is 0.536. The molecule has 2 amide bonds. The van der Waals surface area contributed by atoms with Gasteiger partial charge in [-0.05, 0) is 30.7 Å². The first-order valence-corrected chi connectivity index (χ1v) is 9.44. The molecule has 1 heterocycles. The molecule has 1 aromatic carbocycles. The Hall–Kier alpha value is -2.13. The van der Waals surface area contributed by atoms with Gasteiger partial charge in [-0.25, -0.2) is 12.7 Å². The number of ether oxygens (including phenoxy) is 1. The molecule has 0 aromatic heterocycles. The molecule has 8 nitrogen and oxygen atoms in total. The Bertz CT molecular complexity index is 731. The van der Waals surface area contributed by atoms with E-state index in [-0.39, 0.29) is 23.3 Å².